The molecule has 1 atom stereocenters. The van der Waals surface area contributed by atoms with Gasteiger partial charge in [-0.25, -0.2) is 4.79 Å². The third kappa shape index (κ3) is 3.14. The van der Waals surface area contributed by atoms with Crippen molar-refractivity contribution >= 4 is 11.9 Å². The zero-order chi connectivity index (χ0) is 18.1. The Balaban J connectivity index is 1.94. The molecule has 0 unspecified atom stereocenters. The number of ether oxygens (including phenoxy) is 1. The van der Waals surface area contributed by atoms with Crippen molar-refractivity contribution in [2.24, 2.45) is 0 Å². The summed E-state index contributed by atoms with van der Waals surface area (Å²) in [4.78, 5) is 28.8. The maximum absolute atomic E-state index is 13.0. The third-order valence-corrected chi connectivity index (χ3v) is 4.95. The molecule has 0 aromatic heterocycles. The van der Waals surface area contributed by atoms with Crippen molar-refractivity contribution in [3.05, 3.63) is 46.2 Å². The molecule has 6 nitrogen and oxygen atoms in total. The summed E-state index contributed by atoms with van der Waals surface area (Å²) < 4.78 is 5.08. The van der Waals surface area contributed by atoms with E-state index < -0.39 is 0 Å². The summed E-state index contributed by atoms with van der Waals surface area (Å²) in [5.41, 5.74) is 4.70. The largest absolute Gasteiger partial charge is 0.385 e. The fourth-order valence-corrected chi connectivity index (χ4v) is 3.59. The summed E-state index contributed by atoms with van der Waals surface area (Å²) in [6, 6.07) is 5.54. The van der Waals surface area contributed by atoms with Crippen molar-refractivity contribution in [2.45, 2.75) is 26.3 Å². The highest BCUT2D eigenvalue weighted by atomic mass is 16.5. The van der Waals surface area contributed by atoms with Gasteiger partial charge in [0.25, 0.3) is 5.91 Å². The van der Waals surface area contributed by atoms with E-state index in [0.29, 0.717) is 25.3 Å². The van der Waals surface area contributed by atoms with E-state index in [9.17, 15) is 9.59 Å². The molecule has 134 valence electrons. The Labute approximate surface area is 148 Å². The van der Waals surface area contributed by atoms with Crippen LogP contribution in [0.2, 0.25) is 0 Å². The minimum atomic E-state index is -0.390. The van der Waals surface area contributed by atoms with E-state index in [2.05, 4.69) is 11.4 Å². The van der Waals surface area contributed by atoms with Crippen LogP contribution in [0.25, 0.3) is 0 Å². The lowest BCUT2D eigenvalue weighted by Crippen LogP contribution is -2.45. The number of amides is 3. The summed E-state index contributed by atoms with van der Waals surface area (Å²) >= 11 is 0. The normalized spacial score (nSPS) is 20.2. The van der Waals surface area contributed by atoms with E-state index in [1.54, 1.807) is 24.0 Å². The van der Waals surface area contributed by atoms with E-state index in [0.717, 1.165) is 28.8 Å². The van der Waals surface area contributed by atoms with Crippen LogP contribution in [0.5, 0.6) is 0 Å². The number of carbonyl (C=O) groups excluding carboxylic acids is 2. The van der Waals surface area contributed by atoms with Gasteiger partial charge < -0.3 is 15.0 Å². The molecule has 0 bridgehead atoms. The number of nitrogens with zero attached hydrogens (tertiary/aromatic N) is 2. The van der Waals surface area contributed by atoms with Crippen LogP contribution in [0.3, 0.4) is 0 Å². The molecule has 0 radical (unpaired) electrons. The molecule has 0 saturated heterocycles. The minimum Gasteiger partial charge on any atom is -0.385 e. The van der Waals surface area contributed by atoms with Crippen LogP contribution in [-0.2, 0) is 9.53 Å². The molecule has 3 rings (SSSR count). The standard InChI is InChI=1S/C19H25N3O3/c1-12-6-7-14(13(2)10-12)17-16-15(21(3)19(24)20-17)11-22(18(16)23)8-5-9-25-4/h6-7,10,17H,5,8-9,11H2,1-4H3,(H,20,24)/t17-/m0/s1. The van der Waals surface area contributed by atoms with Crippen molar-refractivity contribution in [2.75, 3.05) is 33.9 Å². The van der Waals surface area contributed by atoms with Crippen LogP contribution in [0.15, 0.2) is 29.5 Å². The lowest BCUT2D eigenvalue weighted by atomic mass is 9.91. The molecule has 0 saturated carbocycles. The maximum atomic E-state index is 13.0. The van der Waals surface area contributed by atoms with E-state index in [-0.39, 0.29) is 18.0 Å². The Morgan fingerprint density at radius 1 is 1.28 bits per heavy atom. The SMILES string of the molecule is COCCCN1CC2=C(C1=O)[C@H](c1ccc(C)cc1C)NC(=O)N2C. The smallest absolute Gasteiger partial charge is 0.322 e. The number of benzene rings is 1. The maximum Gasteiger partial charge on any atom is 0.322 e. The average molecular weight is 343 g/mol. The summed E-state index contributed by atoms with van der Waals surface area (Å²) in [6.07, 6.45) is 0.780. The van der Waals surface area contributed by atoms with Gasteiger partial charge in [0.1, 0.15) is 0 Å². The van der Waals surface area contributed by atoms with E-state index >= 15 is 0 Å². The first-order valence-corrected chi connectivity index (χ1v) is 8.56. The van der Waals surface area contributed by atoms with Gasteiger partial charge in [-0.15, -0.1) is 0 Å². The summed E-state index contributed by atoms with van der Waals surface area (Å²) in [5, 5.41) is 2.99. The Kier molecular flexibility index (Phi) is 4.81. The Hall–Kier alpha value is -2.34. The van der Waals surface area contributed by atoms with Crippen molar-refractivity contribution in [3.8, 4) is 0 Å². The lowest BCUT2D eigenvalue weighted by molar-refractivity contribution is -0.125. The molecular weight excluding hydrogens is 318 g/mol. The van der Waals surface area contributed by atoms with Gasteiger partial charge in [0.05, 0.1) is 23.9 Å². The van der Waals surface area contributed by atoms with Crippen molar-refractivity contribution in [1.82, 2.24) is 15.1 Å². The zero-order valence-electron chi connectivity index (χ0n) is 15.3. The molecule has 25 heavy (non-hydrogen) atoms. The topological polar surface area (TPSA) is 61.9 Å². The average Bonchev–Trinajstić information content (AvgIpc) is 2.89. The second kappa shape index (κ2) is 6.88. The first kappa shape index (κ1) is 17.5. The lowest BCUT2D eigenvalue weighted by Gasteiger charge is -2.31. The number of hydrogen-bond donors (Lipinski definition) is 1. The van der Waals surface area contributed by atoms with Crippen molar-refractivity contribution in [1.29, 1.82) is 0 Å². The number of urea groups is 1. The zero-order valence-corrected chi connectivity index (χ0v) is 15.3. The predicted octanol–water partition coefficient (Wildman–Crippen LogP) is 2.13. The number of aryl methyl sites for hydroxylation is 2. The first-order valence-electron chi connectivity index (χ1n) is 8.56. The van der Waals surface area contributed by atoms with Gasteiger partial charge >= 0.3 is 6.03 Å². The van der Waals surface area contributed by atoms with Gasteiger partial charge in [-0.2, -0.15) is 0 Å². The molecule has 6 heteroatoms. The number of likely N-dealkylation sites (N-methyl/N-ethyl adjacent to an activating group) is 1. The molecular formula is C19H25N3O3. The number of hydrogen-bond acceptors (Lipinski definition) is 3. The molecule has 2 aliphatic rings. The number of rotatable bonds is 5. The van der Waals surface area contributed by atoms with E-state index in [4.69, 9.17) is 4.74 Å². The Bertz CT molecular complexity index is 741. The summed E-state index contributed by atoms with van der Waals surface area (Å²) in [7, 11) is 3.37. The van der Waals surface area contributed by atoms with Gasteiger partial charge in [-0.1, -0.05) is 23.8 Å². The fourth-order valence-electron chi connectivity index (χ4n) is 3.59. The monoisotopic (exact) mass is 343 g/mol. The molecule has 1 aromatic carbocycles. The molecule has 3 amide bonds. The van der Waals surface area contributed by atoms with Crippen molar-refractivity contribution in [3.63, 3.8) is 0 Å². The Morgan fingerprint density at radius 2 is 2.04 bits per heavy atom. The molecule has 2 aliphatic heterocycles. The highest BCUT2D eigenvalue weighted by molar-refractivity contribution is 6.01. The molecule has 0 spiro atoms. The predicted molar refractivity (Wildman–Crippen MR) is 95.1 cm³/mol. The van der Waals surface area contributed by atoms with Gasteiger partial charge in [0.15, 0.2) is 0 Å². The van der Waals surface area contributed by atoms with Crippen LogP contribution < -0.4 is 5.32 Å². The second-order valence-corrected chi connectivity index (χ2v) is 6.73. The number of nitrogens with one attached hydrogen (secondary N) is 1. The van der Waals surface area contributed by atoms with Crippen LogP contribution in [0, 0.1) is 13.8 Å². The van der Waals surface area contributed by atoms with Crippen LogP contribution in [0.4, 0.5) is 4.79 Å². The highest BCUT2D eigenvalue weighted by Crippen LogP contribution is 2.36. The van der Waals surface area contributed by atoms with Gasteiger partial charge in [0.2, 0.25) is 0 Å². The van der Waals surface area contributed by atoms with Gasteiger partial charge in [0, 0.05) is 27.3 Å². The highest BCUT2D eigenvalue weighted by Gasteiger charge is 2.42. The van der Waals surface area contributed by atoms with Crippen LogP contribution in [0.1, 0.15) is 29.2 Å². The third-order valence-electron chi connectivity index (χ3n) is 4.95. The van der Waals surface area contributed by atoms with E-state index in [1.165, 1.54) is 0 Å². The van der Waals surface area contributed by atoms with Gasteiger partial charge in [-0.05, 0) is 31.4 Å². The first-order chi connectivity index (χ1) is 11.9. The summed E-state index contributed by atoms with van der Waals surface area (Å²) in [5.74, 6) is 0.00271. The Morgan fingerprint density at radius 3 is 2.72 bits per heavy atom. The number of carbonyl (C=O) groups is 2. The second-order valence-electron chi connectivity index (χ2n) is 6.73. The van der Waals surface area contributed by atoms with E-state index in [1.807, 2.05) is 26.0 Å². The molecule has 0 aliphatic carbocycles. The number of methoxy groups -OCH3 is 1. The van der Waals surface area contributed by atoms with Crippen LogP contribution >= 0.6 is 0 Å². The fraction of sp³-hybridized carbons (Fsp3) is 0.474. The molecule has 1 aromatic rings. The molecule has 2 heterocycles. The van der Waals surface area contributed by atoms with Crippen LogP contribution in [-0.4, -0.2) is 55.6 Å². The minimum absolute atomic E-state index is 0.00271. The quantitative estimate of drug-likeness (QED) is 0.833. The molecule has 0 fully saturated rings. The molecule has 1 N–H and O–H groups in total. The van der Waals surface area contributed by atoms with Crippen molar-refractivity contribution < 1.29 is 14.3 Å². The van der Waals surface area contributed by atoms with Gasteiger partial charge in [-0.3, -0.25) is 9.69 Å². The summed E-state index contributed by atoms with van der Waals surface area (Å²) in [6.45, 7) is 5.77.